The zero-order valence-electron chi connectivity index (χ0n) is 8.54. The molecule has 0 aromatic carbocycles. The van der Waals surface area contributed by atoms with E-state index in [4.69, 9.17) is 5.11 Å². The molecule has 0 saturated heterocycles. The summed E-state index contributed by atoms with van der Waals surface area (Å²) >= 11 is 1.63. The first-order chi connectivity index (χ1) is 6.00. The Morgan fingerprint density at radius 1 is 1.69 bits per heavy atom. The van der Waals surface area contributed by atoms with Gasteiger partial charge in [0.25, 0.3) is 0 Å². The first-order valence-corrected chi connectivity index (χ1v) is 5.80. The fraction of sp³-hybridized carbons (Fsp3) is 0.900. The second-order valence-electron chi connectivity index (χ2n) is 4.02. The number of hydrogen-bond donors (Lipinski definition) is 1. The van der Waals surface area contributed by atoms with Crippen LogP contribution in [0.1, 0.15) is 40.0 Å². The predicted molar refractivity (Wildman–Crippen MR) is 56.1 cm³/mol. The highest BCUT2D eigenvalue weighted by Crippen LogP contribution is 2.49. The summed E-state index contributed by atoms with van der Waals surface area (Å²) < 4.78 is -0.532. The monoisotopic (exact) mass is 202 g/mol. The van der Waals surface area contributed by atoms with E-state index in [1.54, 1.807) is 11.8 Å². The molecule has 2 unspecified atom stereocenters. The smallest absolute Gasteiger partial charge is 0.319 e. The van der Waals surface area contributed by atoms with Crippen LogP contribution in [0, 0.1) is 5.92 Å². The van der Waals surface area contributed by atoms with E-state index in [0.717, 1.165) is 19.3 Å². The van der Waals surface area contributed by atoms with Crippen molar-refractivity contribution in [2.24, 2.45) is 5.92 Å². The largest absolute Gasteiger partial charge is 0.480 e. The maximum atomic E-state index is 11.1. The van der Waals surface area contributed by atoms with Crippen LogP contribution in [0.2, 0.25) is 0 Å². The SMILES string of the molecule is CCC(C)SC(C)(C(=O)O)C1CC1. The number of carboxylic acids is 1. The van der Waals surface area contributed by atoms with Gasteiger partial charge in [0.2, 0.25) is 0 Å². The third kappa shape index (κ3) is 2.39. The lowest BCUT2D eigenvalue weighted by molar-refractivity contribution is -0.140. The van der Waals surface area contributed by atoms with Crippen molar-refractivity contribution in [1.82, 2.24) is 0 Å². The van der Waals surface area contributed by atoms with Gasteiger partial charge in [0, 0.05) is 5.25 Å². The van der Waals surface area contributed by atoms with E-state index in [1.165, 1.54) is 0 Å². The Morgan fingerprint density at radius 3 is 2.54 bits per heavy atom. The molecule has 3 heteroatoms. The van der Waals surface area contributed by atoms with Gasteiger partial charge in [-0.25, -0.2) is 0 Å². The Hall–Kier alpha value is -0.180. The van der Waals surface area contributed by atoms with Gasteiger partial charge in [0.15, 0.2) is 0 Å². The molecule has 0 heterocycles. The fourth-order valence-corrected chi connectivity index (χ4v) is 2.99. The average Bonchev–Trinajstić information content (AvgIpc) is 2.85. The third-order valence-corrected chi connectivity index (χ3v) is 4.54. The Labute approximate surface area is 84.1 Å². The fourth-order valence-electron chi connectivity index (χ4n) is 1.46. The van der Waals surface area contributed by atoms with Gasteiger partial charge < -0.3 is 5.11 Å². The van der Waals surface area contributed by atoms with Crippen LogP contribution in [-0.2, 0) is 4.79 Å². The van der Waals surface area contributed by atoms with Crippen molar-refractivity contribution in [1.29, 1.82) is 0 Å². The minimum atomic E-state index is -0.639. The molecule has 2 nitrogen and oxygen atoms in total. The molecule has 1 rings (SSSR count). The Bertz CT molecular complexity index is 201. The highest BCUT2D eigenvalue weighted by atomic mass is 32.2. The molecule has 0 radical (unpaired) electrons. The molecule has 1 aliphatic carbocycles. The van der Waals surface area contributed by atoms with Crippen molar-refractivity contribution in [2.45, 2.75) is 50.0 Å². The lowest BCUT2D eigenvalue weighted by Crippen LogP contribution is -2.35. The average molecular weight is 202 g/mol. The van der Waals surface area contributed by atoms with E-state index in [0.29, 0.717) is 11.2 Å². The lowest BCUT2D eigenvalue weighted by Gasteiger charge is -2.26. The van der Waals surface area contributed by atoms with Gasteiger partial charge in [0.05, 0.1) is 0 Å². The van der Waals surface area contributed by atoms with Gasteiger partial charge in [0.1, 0.15) is 4.75 Å². The second kappa shape index (κ2) is 3.91. The number of aliphatic carboxylic acids is 1. The zero-order valence-corrected chi connectivity index (χ0v) is 9.36. The normalized spacial score (nSPS) is 23.6. The quantitative estimate of drug-likeness (QED) is 0.745. The summed E-state index contributed by atoms with van der Waals surface area (Å²) in [7, 11) is 0. The predicted octanol–water partition coefficient (Wildman–Crippen LogP) is 2.77. The molecule has 1 N–H and O–H groups in total. The molecule has 0 bridgehead atoms. The van der Waals surface area contributed by atoms with Gasteiger partial charge in [-0.2, -0.15) is 0 Å². The van der Waals surface area contributed by atoms with Crippen LogP contribution < -0.4 is 0 Å². The minimum Gasteiger partial charge on any atom is -0.480 e. The summed E-state index contributed by atoms with van der Waals surface area (Å²) in [6, 6.07) is 0. The zero-order chi connectivity index (χ0) is 10.1. The second-order valence-corrected chi connectivity index (χ2v) is 5.91. The summed E-state index contributed by atoms with van der Waals surface area (Å²) in [6.45, 7) is 6.09. The molecule has 13 heavy (non-hydrogen) atoms. The van der Waals surface area contributed by atoms with Gasteiger partial charge in [-0.15, -0.1) is 11.8 Å². The molecule has 0 aromatic rings. The maximum absolute atomic E-state index is 11.1. The molecule has 0 amide bonds. The van der Waals surface area contributed by atoms with Crippen molar-refractivity contribution >= 4 is 17.7 Å². The summed E-state index contributed by atoms with van der Waals surface area (Å²) in [4.78, 5) is 11.1. The van der Waals surface area contributed by atoms with E-state index >= 15 is 0 Å². The number of thioether (sulfide) groups is 1. The van der Waals surface area contributed by atoms with Crippen molar-refractivity contribution in [2.75, 3.05) is 0 Å². The van der Waals surface area contributed by atoms with Crippen LogP contribution in [0.15, 0.2) is 0 Å². The van der Waals surface area contributed by atoms with Crippen LogP contribution in [-0.4, -0.2) is 21.1 Å². The molecular weight excluding hydrogens is 184 g/mol. The molecule has 1 saturated carbocycles. The van der Waals surface area contributed by atoms with Gasteiger partial charge in [-0.1, -0.05) is 13.8 Å². The number of carbonyl (C=O) groups is 1. The van der Waals surface area contributed by atoms with Gasteiger partial charge >= 0.3 is 5.97 Å². The first-order valence-electron chi connectivity index (χ1n) is 4.92. The minimum absolute atomic E-state index is 0.406. The molecule has 76 valence electrons. The lowest BCUT2D eigenvalue weighted by atomic mass is 10.1. The van der Waals surface area contributed by atoms with E-state index in [1.807, 2.05) is 6.92 Å². The highest BCUT2D eigenvalue weighted by Gasteiger charge is 2.48. The van der Waals surface area contributed by atoms with Crippen molar-refractivity contribution in [3.05, 3.63) is 0 Å². The van der Waals surface area contributed by atoms with E-state index in [2.05, 4.69) is 13.8 Å². The number of hydrogen-bond acceptors (Lipinski definition) is 2. The topological polar surface area (TPSA) is 37.3 Å². The summed E-state index contributed by atoms with van der Waals surface area (Å²) in [5.41, 5.74) is 0. The maximum Gasteiger partial charge on any atom is 0.319 e. The van der Waals surface area contributed by atoms with Crippen LogP contribution in [0.5, 0.6) is 0 Å². The summed E-state index contributed by atoms with van der Waals surface area (Å²) in [6.07, 6.45) is 3.22. The molecule has 1 fully saturated rings. The van der Waals surface area contributed by atoms with Crippen molar-refractivity contribution < 1.29 is 9.90 Å². The number of carboxylic acid groups (broad SMARTS) is 1. The molecule has 2 atom stereocenters. The molecule has 0 spiro atoms. The van der Waals surface area contributed by atoms with Gasteiger partial charge in [-0.05, 0) is 32.1 Å². The summed E-state index contributed by atoms with van der Waals surface area (Å²) in [5, 5.41) is 9.61. The first kappa shape index (κ1) is 10.9. The Morgan fingerprint density at radius 2 is 2.23 bits per heavy atom. The van der Waals surface area contributed by atoms with Crippen LogP contribution in [0.3, 0.4) is 0 Å². The molecular formula is C10H18O2S. The molecule has 1 aliphatic rings. The van der Waals surface area contributed by atoms with Crippen LogP contribution in [0.25, 0.3) is 0 Å². The Balaban J connectivity index is 2.61. The Kier molecular flexibility index (Phi) is 3.28. The highest BCUT2D eigenvalue weighted by molar-refractivity contribution is 8.02. The van der Waals surface area contributed by atoms with E-state index < -0.39 is 10.7 Å². The standard InChI is InChI=1S/C10H18O2S/c1-4-7(2)13-10(3,9(11)12)8-5-6-8/h7-8H,4-6H2,1-3H3,(H,11,12). The van der Waals surface area contributed by atoms with Crippen LogP contribution in [0.4, 0.5) is 0 Å². The number of rotatable bonds is 5. The van der Waals surface area contributed by atoms with Gasteiger partial charge in [-0.3, -0.25) is 4.79 Å². The van der Waals surface area contributed by atoms with E-state index in [9.17, 15) is 4.79 Å². The summed E-state index contributed by atoms with van der Waals surface area (Å²) in [5.74, 6) is -0.232. The van der Waals surface area contributed by atoms with Crippen molar-refractivity contribution in [3.63, 3.8) is 0 Å². The molecule has 0 aliphatic heterocycles. The molecule has 0 aromatic heterocycles. The van der Waals surface area contributed by atoms with Crippen molar-refractivity contribution in [3.8, 4) is 0 Å². The van der Waals surface area contributed by atoms with Crippen LogP contribution >= 0.6 is 11.8 Å². The third-order valence-electron chi connectivity index (χ3n) is 2.80. The van der Waals surface area contributed by atoms with E-state index in [-0.39, 0.29) is 0 Å².